The number of halogens is 2. The van der Waals surface area contributed by atoms with Crippen molar-refractivity contribution in [3.63, 3.8) is 0 Å². The molecule has 1 saturated heterocycles. The van der Waals surface area contributed by atoms with E-state index in [0.717, 1.165) is 31.9 Å². The normalized spacial score (nSPS) is 16.0. The minimum Gasteiger partial charge on any atom is -0.466 e. The number of likely N-dealkylation sites (tertiary alicyclic amines) is 1. The molecule has 5 nitrogen and oxygen atoms in total. The van der Waals surface area contributed by atoms with E-state index in [1.165, 1.54) is 6.07 Å². The molecule has 1 aliphatic heterocycles. The molecule has 2 rings (SSSR count). The Balaban J connectivity index is 1.83. The van der Waals surface area contributed by atoms with Crippen LogP contribution in [0.15, 0.2) is 23.2 Å². The van der Waals surface area contributed by atoms with Gasteiger partial charge in [0.05, 0.1) is 12.5 Å². The van der Waals surface area contributed by atoms with Crippen LogP contribution in [0, 0.1) is 11.7 Å². The molecule has 0 radical (unpaired) electrons. The predicted octanol–water partition coefficient (Wildman–Crippen LogP) is 2.87. The van der Waals surface area contributed by atoms with Crippen molar-refractivity contribution >= 4 is 23.5 Å². The Hall–Kier alpha value is -1.82. The largest absolute Gasteiger partial charge is 0.466 e. The fourth-order valence-corrected chi connectivity index (χ4v) is 3.25. The van der Waals surface area contributed by atoms with Gasteiger partial charge in [0.1, 0.15) is 5.82 Å². The molecule has 1 N–H and O–H groups in total. The maximum Gasteiger partial charge on any atom is 0.309 e. The molecular weight excluding hydrogens is 345 g/mol. The van der Waals surface area contributed by atoms with E-state index in [4.69, 9.17) is 16.3 Å². The van der Waals surface area contributed by atoms with Gasteiger partial charge in [-0.3, -0.25) is 9.79 Å². The number of esters is 1. The van der Waals surface area contributed by atoms with E-state index in [1.54, 1.807) is 19.2 Å². The van der Waals surface area contributed by atoms with Crippen molar-refractivity contribution in [2.75, 3.05) is 33.3 Å². The highest BCUT2D eigenvalue weighted by molar-refractivity contribution is 6.31. The summed E-state index contributed by atoms with van der Waals surface area (Å²) in [6.07, 6.45) is 1.97. The molecule has 0 aromatic heterocycles. The van der Waals surface area contributed by atoms with Crippen molar-refractivity contribution < 1.29 is 13.9 Å². The molecule has 138 valence electrons. The molecule has 0 atom stereocenters. The second kappa shape index (κ2) is 9.61. The molecule has 0 amide bonds. The predicted molar refractivity (Wildman–Crippen MR) is 97.4 cm³/mol. The van der Waals surface area contributed by atoms with Crippen molar-refractivity contribution in [3.05, 3.63) is 34.6 Å². The number of hydrogen-bond donors (Lipinski definition) is 1. The highest BCUT2D eigenvalue weighted by Gasteiger charge is 2.27. The summed E-state index contributed by atoms with van der Waals surface area (Å²) in [6, 6.07) is 4.70. The molecule has 1 heterocycles. The summed E-state index contributed by atoms with van der Waals surface area (Å²) >= 11 is 6.05. The van der Waals surface area contributed by atoms with Crippen LogP contribution < -0.4 is 5.32 Å². The molecule has 25 heavy (non-hydrogen) atoms. The van der Waals surface area contributed by atoms with Crippen molar-refractivity contribution in [1.29, 1.82) is 0 Å². The molecule has 0 saturated carbocycles. The van der Waals surface area contributed by atoms with E-state index >= 15 is 0 Å². The van der Waals surface area contributed by atoms with Crippen LogP contribution in [0.25, 0.3) is 0 Å². The Bertz CT molecular complexity index is 596. The van der Waals surface area contributed by atoms with Gasteiger partial charge in [0.2, 0.25) is 0 Å². The number of piperidine rings is 1. The van der Waals surface area contributed by atoms with Crippen LogP contribution in [0.3, 0.4) is 0 Å². The first-order valence-corrected chi connectivity index (χ1v) is 8.99. The van der Waals surface area contributed by atoms with Crippen molar-refractivity contribution in [2.45, 2.75) is 26.2 Å². The summed E-state index contributed by atoms with van der Waals surface area (Å²) in [7, 11) is 1.72. The second-order valence-corrected chi connectivity index (χ2v) is 6.34. The molecular formula is C18H25ClFN3O2. The molecule has 7 heteroatoms. The Labute approximate surface area is 153 Å². The summed E-state index contributed by atoms with van der Waals surface area (Å²) < 4.78 is 18.9. The lowest BCUT2D eigenvalue weighted by Gasteiger charge is -2.33. The third-order valence-corrected chi connectivity index (χ3v) is 4.70. The smallest absolute Gasteiger partial charge is 0.309 e. The van der Waals surface area contributed by atoms with Gasteiger partial charge < -0.3 is 15.0 Å². The number of guanidine groups is 1. The van der Waals surface area contributed by atoms with Gasteiger partial charge in [-0.25, -0.2) is 4.39 Å². The summed E-state index contributed by atoms with van der Waals surface area (Å²) in [5, 5.41) is 3.68. The van der Waals surface area contributed by atoms with E-state index in [2.05, 4.69) is 15.2 Å². The molecule has 0 bridgehead atoms. The van der Waals surface area contributed by atoms with Gasteiger partial charge in [0.25, 0.3) is 0 Å². The third kappa shape index (κ3) is 5.33. The lowest BCUT2D eigenvalue weighted by Crippen LogP contribution is -2.47. The van der Waals surface area contributed by atoms with E-state index in [0.29, 0.717) is 30.2 Å². The van der Waals surface area contributed by atoms with Crippen molar-refractivity contribution in [2.24, 2.45) is 10.9 Å². The number of benzene rings is 1. The number of carbonyl (C=O) groups excluding carboxylic acids is 1. The fourth-order valence-electron chi connectivity index (χ4n) is 2.99. The van der Waals surface area contributed by atoms with E-state index < -0.39 is 0 Å². The number of rotatable bonds is 5. The topological polar surface area (TPSA) is 53.9 Å². The van der Waals surface area contributed by atoms with Gasteiger partial charge in [-0.05, 0) is 38.3 Å². The fraction of sp³-hybridized carbons (Fsp3) is 0.556. The highest BCUT2D eigenvalue weighted by Crippen LogP contribution is 2.20. The SMILES string of the molecule is CCOC(=O)C1CCN(C(=NC)NCCc2c(F)cccc2Cl)CC1. The lowest BCUT2D eigenvalue weighted by molar-refractivity contribution is -0.149. The maximum absolute atomic E-state index is 13.8. The maximum atomic E-state index is 13.8. The Morgan fingerprint density at radius 2 is 2.16 bits per heavy atom. The second-order valence-electron chi connectivity index (χ2n) is 5.94. The van der Waals surface area contributed by atoms with Crippen LogP contribution in [0.4, 0.5) is 4.39 Å². The Morgan fingerprint density at radius 1 is 1.44 bits per heavy atom. The minimum absolute atomic E-state index is 0.0356. The van der Waals surface area contributed by atoms with E-state index in [1.807, 2.05) is 6.92 Å². The quantitative estimate of drug-likeness (QED) is 0.492. The van der Waals surface area contributed by atoms with Crippen LogP contribution in [-0.4, -0.2) is 50.1 Å². The van der Waals surface area contributed by atoms with Crippen LogP contribution in [0.2, 0.25) is 5.02 Å². The van der Waals surface area contributed by atoms with Crippen LogP contribution in [-0.2, 0) is 16.0 Å². The summed E-state index contributed by atoms with van der Waals surface area (Å²) in [4.78, 5) is 18.2. The summed E-state index contributed by atoms with van der Waals surface area (Å²) in [5.74, 6) is 0.320. The van der Waals surface area contributed by atoms with Gasteiger partial charge in [-0.15, -0.1) is 0 Å². The minimum atomic E-state index is -0.292. The highest BCUT2D eigenvalue weighted by atomic mass is 35.5. The molecule has 0 unspecified atom stereocenters. The van der Waals surface area contributed by atoms with Crippen molar-refractivity contribution in [1.82, 2.24) is 10.2 Å². The molecule has 1 aromatic carbocycles. The molecule has 1 aliphatic rings. The number of nitrogens with one attached hydrogen (secondary N) is 1. The number of aliphatic imine (C=N–C) groups is 1. The monoisotopic (exact) mass is 369 g/mol. The molecule has 1 aromatic rings. The van der Waals surface area contributed by atoms with Gasteiger partial charge in [0, 0.05) is 37.3 Å². The van der Waals surface area contributed by atoms with Crippen molar-refractivity contribution in [3.8, 4) is 0 Å². The van der Waals surface area contributed by atoms with Crippen LogP contribution >= 0.6 is 11.6 Å². The zero-order valence-corrected chi connectivity index (χ0v) is 15.5. The van der Waals surface area contributed by atoms with Gasteiger partial charge >= 0.3 is 5.97 Å². The van der Waals surface area contributed by atoms with Gasteiger partial charge in [-0.1, -0.05) is 17.7 Å². The van der Waals surface area contributed by atoms with Crippen LogP contribution in [0.5, 0.6) is 0 Å². The van der Waals surface area contributed by atoms with Crippen LogP contribution in [0.1, 0.15) is 25.3 Å². The number of nitrogens with zero attached hydrogens (tertiary/aromatic N) is 2. The molecule has 0 spiro atoms. The number of hydrogen-bond acceptors (Lipinski definition) is 3. The Kier molecular flexibility index (Phi) is 7.50. The van der Waals surface area contributed by atoms with E-state index in [9.17, 15) is 9.18 Å². The number of carbonyl (C=O) groups is 1. The summed E-state index contributed by atoms with van der Waals surface area (Å²) in [6.45, 7) is 4.25. The average Bonchev–Trinajstić information content (AvgIpc) is 2.61. The standard InChI is InChI=1S/C18H25ClFN3O2/c1-3-25-17(24)13-8-11-23(12-9-13)18(21-2)22-10-7-14-15(19)5-4-6-16(14)20/h4-6,13H,3,7-12H2,1-2H3,(H,21,22). The zero-order chi connectivity index (χ0) is 18.2. The third-order valence-electron chi connectivity index (χ3n) is 4.35. The van der Waals surface area contributed by atoms with E-state index in [-0.39, 0.29) is 17.7 Å². The van der Waals surface area contributed by atoms with Gasteiger partial charge in [-0.2, -0.15) is 0 Å². The first-order valence-electron chi connectivity index (χ1n) is 8.62. The first-order chi connectivity index (χ1) is 12.1. The van der Waals surface area contributed by atoms with Gasteiger partial charge in [0.15, 0.2) is 5.96 Å². The zero-order valence-electron chi connectivity index (χ0n) is 14.7. The lowest BCUT2D eigenvalue weighted by atomic mass is 9.97. The molecule has 1 fully saturated rings. The summed E-state index contributed by atoms with van der Waals surface area (Å²) in [5.41, 5.74) is 0.508. The average molecular weight is 370 g/mol. The number of ether oxygens (including phenoxy) is 1. The molecule has 0 aliphatic carbocycles. The first kappa shape index (κ1) is 19.5. The Morgan fingerprint density at radius 3 is 2.76 bits per heavy atom.